The Morgan fingerprint density at radius 3 is 2.28 bits per heavy atom. The molecule has 0 radical (unpaired) electrons. The Hall–Kier alpha value is -2.92. The maximum atomic E-state index is 12.5. The molecule has 2 amide bonds. The number of benzene rings is 2. The molecular weight excluding hydrogens is 332 g/mol. The van der Waals surface area contributed by atoms with E-state index < -0.39 is 0 Å². The molecule has 2 aromatic carbocycles. The SMILES string of the molecule is Cc1ccc(NC(=O)c2cccc(NC(=O)c3cccs3)c2)cc1C. The van der Waals surface area contributed by atoms with E-state index in [9.17, 15) is 9.59 Å². The minimum atomic E-state index is -0.213. The number of carbonyl (C=O) groups excluding carboxylic acids is 2. The first kappa shape index (κ1) is 16.9. The first-order chi connectivity index (χ1) is 12.0. The van der Waals surface area contributed by atoms with E-state index in [1.807, 2.05) is 43.5 Å². The molecule has 0 fully saturated rings. The predicted molar refractivity (Wildman–Crippen MR) is 103 cm³/mol. The van der Waals surface area contributed by atoms with Crippen LogP contribution in [0, 0.1) is 13.8 Å². The molecule has 0 aliphatic rings. The number of hydrogen-bond donors (Lipinski definition) is 2. The van der Waals surface area contributed by atoms with Crippen LogP contribution in [-0.2, 0) is 0 Å². The predicted octanol–water partition coefficient (Wildman–Crippen LogP) is 4.87. The lowest BCUT2D eigenvalue weighted by Crippen LogP contribution is -2.14. The second-order valence-corrected chi connectivity index (χ2v) is 6.71. The van der Waals surface area contributed by atoms with Crippen LogP contribution in [0.1, 0.15) is 31.2 Å². The quantitative estimate of drug-likeness (QED) is 0.705. The number of carbonyl (C=O) groups is 2. The molecule has 3 aromatic rings. The van der Waals surface area contributed by atoms with E-state index >= 15 is 0 Å². The molecule has 0 atom stereocenters. The second-order valence-electron chi connectivity index (χ2n) is 5.77. The fourth-order valence-electron chi connectivity index (χ4n) is 2.36. The van der Waals surface area contributed by atoms with Gasteiger partial charge in [0.25, 0.3) is 11.8 Å². The van der Waals surface area contributed by atoms with Crippen LogP contribution in [-0.4, -0.2) is 11.8 Å². The van der Waals surface area contributed by atoms with Gasteiger partial charge in [-0.05, 0) is 66.8 Å². The van der Waals surface area contributed by atoms with Crippen molar-refractivity contribution in [2.45, 2.75) is 13.8 Å². The van der Waals surface area contributed by atoms with Crippen LogP contribution < -0.4 is 10.6 Å². The van der Waals surface area contributed by atoms with Gasteiger partial charge in [-0.3, -0.25) is 9.59 Å². The maximum absolute atomic E-state index is 12.5. The first-order valence-corrected chi connectivity index (χ1v) is 8.74. The molecule has 0 unspecified atom stereocenters. The van der Waals surface area contributed by atoms with E-state index in [1.165, 1.54) is 16.9 Å². The molecule has 126 valence electrons. The second kappa shape index (κ2) is 7.32. The van der Waals surface area contributed by atoms with Crippen molar-refractivity contribution in [2.75, 3.05) is 10.6 Å². The van der Waals surface area contributed by atoms with E-state index in [2.05, 4.69) is 10.6 Å². The van der Waals surface area contributed by atoms with Crippen LogP contribution in [0.15, 0.2) is 60.0 Å². The van der Waals surface area contributed by atoms with Gasteiger partial charge in [0.15, 0.2) is 0 Å². The highest BCUT2D eigenvalue weighted by Gasteiger charge is 2.10. The maximum Gasteiger partial charge on any atom is 0.265 e. The molecule has 4 nitrogen and oxygen atoms in total. The van der Waals surface area contributed by atoms with Crippen LogP contribution in [0.4, 0.5) is 11.4 Å². The Morgan fingerprint density at radius 2 is 1.56 bits per heavy atom. The Bertz CT molecular complexity index is 917. The number of thiophene rings is 1. The Labute approximate surface area is 150 Å². The summed E-state index contributed by atoms with van der Waals surface area (Å²) in [6.45, 7) is 4.03. The zero-order valence-corrected chi connectivity index (χ0v) is 14.8. The van der Waals surface area contributed by atoms with Gasteiger partial charge in [0.2, 0.25) is 0 Å². The normalized spacial score (nSPS) is 10.3. The van der Waals surface area contributed by atoms with Crippen molar-refractivity contribution in [2.24, 2.45) is 0 Å². The van der Waals surface area contributed by atoms with Crippen LogP contribution in [0.2, 0.25) is 0 Å². The Morgan fingerprint density at radius 1 is 0.800 bits per heavy atom. The number of rotatable bonds is 4. The lowest BCUT2D eigenvalue weighted by Gasteiger charge is -2.09. The van der Waals surface area contributed by atoms with Crippen LogP contribution >= 0.6 is 11.3 Å². The molecule has 0 aliphatic heterocycles. The van der Waals surface area contributed by atoms with Gasteiger partial charge in [-0.2, -0.15) is 0 Å². The highest BCUT2D eigenvalue weighted by molar-refractivity contribution is 7.12. The molecule has 0 saturated heterocycles. The minimum Gasteiger partial charge on any atom is -0.322 e. The Balaban J connectivity index is 1.73. The Kier molecular flexibility index (Phi) is 4.95. The molecule has 0 bridgehead atoms. The molecular formula is C20H18N2O2S. The molecule has 25 heavy (non-hydrogen) atoms. The van der Waals surface area contributed by atoms with E-state index in [0.29, 0.717) is 16.1 Å². The summed E-state index contributed by atoms with van der Waals surface area (Å²) < 4.78 is 0. The highest BCUT2D eigenvalue weighted by Crippen LogP contribution is 2.18. The van der Waals surface area contributed by atoms with Gasteiger partial charge < -0.3 is 10.6 Å². The summed E-state index contributed by atoms with van der Waals surface area (Å²) in [7, 11) is 0. The summed E-state index contributed by atoms with van der Waals surface area (Å²) in [5, 5.41) is 7.55. The molecule has 1 heterocycles. The zero-order valence-electron chi connectivity index (χ0n) is 14.0. The lowest BCUT2D eigenvalue weighted by molar-refractivity contribution is 0.101. The molecule has 0 saturated carbocycles. The van der Waals surface area contributed by atoms with E-state index in [0.717, 1.165) is 11.3 Å². The fraction of sp³-hybridized carbons (Fsp3) is 0.100. The van der Waals surface area contributed by atoms with Crippen molar-refractivity contribution in [3.05, 3.63) is 81.5 Å². The van der Waals surface area contributed by atoms with Gasteiger partial charge in [-0.15, -0.1) is 11.3 Å². The number of nitrogens with one attached hydrogen (secondary N) is 2. The van der Waals surface area contributed by atoms with Crippen LogP contribution in [0.5, 0.6) is 0 Å². The first-order valence-electron chi connectivity index (χ1n) is 7.86. The van der Waals surface area contributed by atoms with Crippen molar-refractivity contribution < 1.29 is 9.59 Å². The number of anilines is 2. The van der Waals surface area contributed by atoms with Crippen molar-refractivity contribution >= 4 is 34.5 Å². The number of hydrogen-bond acceptors (Lipinski definition) is 3. The summed E-state index contributed by atoms with van der Waals surface area (Å²) >= 11 is 1.37. The van der Waals surface area contributed by atoms with Gasteiger partial charge in [-0.1, -0.05) is 18.2 Å². The van der Waals surface area contributed by atoms with E-state index in [4.69, 9.17) is 0 Å². The zero-order chi connectivity index (χ0) is 17.8. The number of aryl methyl sites for hydroxylation is 2. The van der Waals surface area contributed by atoms with Crippen molar-refractivity contribution in [1.82, 2.24) is 0 Å². The molecule has 5 heteroatoms. The van der Waals surface area contributed by atoms with E-state index in [-0.39, 0.29) is 11.8 Å². The summed E-state index contributed by atoms with van der Waals surface area (Å²) in [4.78, 5) is 25.2. The van der Waals surface area contributed by atoms with Crippen LogP contribution in [0.3, 0.4) is 0 Å². The molecule has 0 spiro atoms. The third-order valence-electron chi connectivity index (χ3n) is 3.89. The molecule has 0 aliphatic carbocycles. The summed E-state index contributed by atoms with van der Waals surface area (Å²) in [5.41, 5.74) is 4.13. The molecule has 2 N–H and O–H groups in total. The van der Waals surface area contributed by atoms with Gasteiger partial charge >= 0.3 is 0 Å². The van der Waals surface area contributed by atoms with Gasteiger partial charge in [-0.25, -0.2) is 0 Å². The monoisotopic (exact) mass is 350 g/mol. The minimum absolute atomic E-state index is 0.179. The third kappa shape index (κ3) is 4.14. The van der Waals surface area contributed by atoms with Gasteiger partial charge in [0, 0.05) is 16.9 Å². The number of amides is 2. The fourth-order valence-corrected chi connectivity index (χ4v) is 2.98. The lowest BCUT2D eigenvalue weighted by atomic mass is 10.1. The topological polar surface area (TPSA) is 58.2 Å². The molecule has 1 aromatic heterocycles. The average Bonchev–Trinajstić information content (AvgIpc) is 3.13. The highest BCUT2D eigenvalue weighted by atomic mass is 32.1. The van der Waals surface area contributed by atoms with Crippen molar-refractivity contribution in [1.29, 1.82) is 0 Å². The summed E-state index contributed by atoms with van der Waals surface area (Å²) in [5.74, 6) is -0.391. The van der Waals surface area contributed by atoms with Gasteiger partial charge in [0.05, 0.1) is 4.88 Å². The largest absolute Gasteiger partial charge is 0.322 e. The van der Waals surface area contributed by atoms with Crippen molar-refractivity contribution in [3.8, 4) is 0 Å². The third-order valence-corrected chi connectivity index (χ3v) is 4.76. The van der Waals surface area contributed by atoms with E-state index in [1.54, 1.807) is 30.3 Å². The van der Waals surface area contributed by atoms with Gasteiger partial charge in [0.1, 0.15) is 0 Å². The summed E-state index contributed by atoms with van der Waals surface area (Å²) in [6, 6.07) is 16.3. The molecule has 3 rings (SSSR count). The average molecular weight is 350 g/mol. The summed E-state index contributed by atoms with van der Waals surface area (Å²) in [6.07, 6.45) is 0. The smallest absolute Gasteiger partial charge is 0.265 e. The standard InChI is InChI=1S/C20H18N2O2S/c1-13-8-9-17(11-14(13)2)21-19(23)15-5-3-6-16(12-15)22-20(24)18-7-4-10-25-18/h3-12H,1-2H3,(H,21,23)(H,22,24). The van der Waals surface area contributed by atoms with Crippen molar-refractivity contribution in [3.63, 3.8) is 0 Å². The van der Waals surface area contributed by atoms with Crippen LogP contribution in [0.25, 0.3) is 0 Å².